The van der Waals surface area contributed by atoms with Crippen LogP contribution in [0.1, 0.15) is 25.1 Å². The number of oxime groups is 1. The molecule has 0 aliphatic heterocycles. The van der Waals surface area contributed by atoms with Crippen molar-refractivity contribution < 1.29 is 27.9 Å². The predicted molar refractivity (Wildman–Crippen MR) is 68.3 cm³/mol. The second kappa shape index (κ2) is 7.11. The van der Waals surface area contributed by atoms with E-state index >= 15 is 0 Å². The molecule has 0 amide bonds. The summed E-state index contributed by atoms with van der Waals surface area (Å²) in [4.78, 5) is 3.35. The summed E-state index contributed by atoms with van der Waals surface area (Å²) in [5.41, 5.74) is 4.21. The molecule has 0 aliphatic carbocycles. The molecule has 0 aromatic carbocycles. The first-order chi connectivity index (χ1) is 9.75. The van der Waals surface area contributed by atoms with Gasteiger partial charge in [0.15, 0.2) is 5.84 Å². The fraction of sp³-hybridized carbons (Fsp3) is 0.500. The molecule has 1 aromatic heterocycles. The predicted octanol–water partition coefficient (Wildman–Crippen LogP) is 2.00. The van der Waals surface area contributed by atoms with E-state index in [4.69, 9.17) is 20.4 Å². The molecule has 0 unspecified atom stereocenters. The van der Waals surface area contributed by atoms with Crippen molar-refractivity contribution in [3.63, 3.8) is 0 Å². The Labute approximate surface area is 119 Å². The van der Waals surface area contributed by atoms with Crippen LogP contribution >= 0.6 is 0 Å². The minimum absolute atomic E-state index is 0.0157. The normalized spacial score (nSPS) is 12.8. The summed E-state index contributed by atoms with van der Waals surface area (Å²) >= 11 is 0. The molecule has 0 bridgehead atoms. The lowest BCUT2D eigenvalue weighted by atomic mass is 10.2. The van der Waals surface area contributed by atoms with Gasteiger partial charge in [-0.3, -0.25) is 0 Å². The van der Waals surface area contributed by atoms with Crippen molar-refractivity contribution in [1.29, 1.82) is 0 Å². The molecule has 0 radical (unpaired) electrons. The van der Waals surface area contributed by atoms with Gasteiger partial charge in [0.1, 0.15) is 12.3 Å². The Bertz CT molecular complexity index is 504. The number of hydrogen-bond acceptors (Lipinski definition) is 5. The molecule has 6 nitrogen and oxygen atoms in total. The van der Waals surface area contributed by atoms with Gasteiger partial charge in [0.05, 0.1) is 18.3 Å². The Morgan fingerprint density at radius 1 is 1.38 bits per heavy atom. The molecule has 1 heterocycles. The molecular weight excluding hydrogens is 291 g/mol. The second-order valence-electron chi connectivity index (χ2n) is 4.30. The van der Waals surface area contributed by atoms with E-state index in [0.29, 0.717) is 0 Å². The van der Waals surface area contributed by atoms with Gasteiger partial charge < -0.3 is 20.4 Å². The summed E-state index contributed by atoms with van der Waals surface area (Å²) in [6.07, 6.45) is -4.65. The summed E-state index contributed by atoms with van der Waals surface area (Å²) < 4.78 is 48.2. The van der Waals surface area contributed by atoms with Crippen molar-refractivity contribution in [2.75, 3.05) is 13.2 Å². The molecular formula is C12H16F3N3O3. The van der Waals surface area contributed by atoms with Crippen LogP contribution in [0.5, 0.6) is 5.88 Å². The first-order valence-electron chi connectivity index (χ1n) is 6.06. The van der Waals surface area contributed by atoms with Crippen LogP contribution in [0, 0.1) is 0 Å². The molecule has 118 valence electrons. The maximum Gasteiger partial charge on any atom is 0.433 e. The summed E-state index contributed by atoms with van der Waals surface area (Å²) in [6.45, 7) is 3.78. The number of nitrogens with zero attached hydrogens (tertiary/aromatic N) is 2. The van der Waals surface area contributed by atoms with Crippen LogP contribution in [-0.2, 0) is 10.9 Å². The van der Waals surface area contributed by atoms with Crippen LogP contribution in [0.3, 0.4) is 0 Å². The van der Waals surface area contributed by atoms with E-state index in [1.807, 2.05) is 13.8 Å². The number of ether oxygens (including phenoxy) is 2. The Morgan fingerprint density at radius 3 is 2.57 bits per heavy atom. The minimum Gasteiger partial charge on any atom is -0.475 e. The molecule has 0 fully saturated rings. The van der Waals surface area contributed by atoms with E-state index in [2.05, 4.69) is 10.1 Å². The fourth-order valence-electron chi connectivity index (χ4n) is 1.38. The number of rotatable bonds is 6. The molecule has 1 rings (SSSR count). The van der Waals surface area contributed by atoms with E-state index in [-0.39, 0.29) is 30.8 Å². The van der Waals surface area contributed by atoms with E-state index in [0.717, 1.165) is 12.1 Å². The highest BCUT2D eigenvalue weighted by Gasteiger charge is 2.33. The number of amidine groups is 1. The van der Waals surface area contributed by atoms with Gasteiger partial charge >= 0.3 is 6.18 Å². The molecule has 3 N–H and O–H groups in total. The molecule has 0 aliphatic rings. The Kier molecular flexibility index (Phi) is 5.77. The van der Waals surface area contributed by atoms with Gasteiger partial charge in [0, 0.05) is 0 Å². The molecule has 0 saturated heterocycles. The van der Waals surface area contributed by atoms with E-state index in [9.17, 15) is 13.2 Å². The summed E-state index contributed by atoms with van der Waals surface area (Å²) in [6, 6.07) is 1.76. The second-order valence-corrected chi connectivity index (χ2v) is 4.30. The summed E-state index contributed by atoms with van der Waals surface area (Å²) in [7, 11) is 0. The van der Waals surface area contributed by atoms with Crippen molar-refractivity contribution in [3.8, 4) is 5.88 Å². The quantitative estimate of drug-likeness (QED) is 0.276. The van der Waals surface area contributed by atoms with Gasteiger partial charge in [-0.1, -0.05) is 5.16 Å². The van der Waals surface area contributed by atoms with Crippen molar-refractivity contribution in [3.05, 3.63) is 23.4 Å². The highest BCUT2D eigenvalue weighted by Crippen LogP contribution is 2.30. The third-order valence-electron chi connectivity index (χ3n) is 2.31. The van der Waals surface area contributed by atoms with Gasteiger partial charge in [-0.15, -0.1) is 0 Å². The topological polar surface area (TPSA) is 90.0 Å². The number of alkyl halides is 3. The van der Waals surface area contributed by atoms with Crippen LogP contribution in [0.4, 0.5) is 13.2 Å². The van der Waals surface area contributed by atoms with Crippen molar-refractivity contribution in [1.82, 2.24) is 4.98 Å². The van der Waals surface area contributed by atoms with E-state index < -0.39 is 17.7 Å². The number of nitrogens with two attached hydrogens (primary N) is 1. The highest BCUT2D eigenvalue weighted by molar-refractivity contribution is 5.99. The maximum absolute atomic E-state index is 12.6. The molecule has 21 heavy (non-hydrogen) atoms. The standard InChI is InChI=1S/C12H16F3N3O3/c1-7(2)20-5-6-21-11-8(10(16)18-19)3-4-9(17-11)12(13,14)15/h3-4,7,19H,5-6H2,1-2H3,(H2,16,18). The van der Waals surface area contributed by atoms with E-state index in [1.165, 1.54) is 0 Å². The van der Waals surface area contributed by atoms with Gasteiger partial charge in [-0.05, 0) is 26.0 Å². The number of aromatic nitrogens is 1. The van der Waals surface area contributed by atoms with Crippen LogP contribution in [0.2, 0.25) is 0 Å². The van der Waals surface area contributed by atoms with Crippen molar-refractivity contribution in [2.45, 2.75) is 26.1 Å². The van der Waals surface area contributed by atoms with Crippen molar-refractivity contribution >= 4 is 5.84 Å². The largest absolute Gasteiger partial charge is 0.475 e. The fourth-order valence-corrected chi connectivity index (χ4v) is 1.38. The zero-order valence-corrected chi connectivity index (χ0v) is 11.5. The van der Waals surface area contributed by atoms with Crippen molar-refractivity contribution in [2.24, 2.45) is 10.9 Å². The molecule has 0 saturated carbocycles. The van der Waals surface area contributed by atoms with Gasteiger partial charge in [-0.2, -0.15) is 13.2 Å². The summed E-state index contributed by atoms with van der Waals surface area (Å²) in [5.74, 6) is -0.761. The Balaban J connectivity index is 2.95. The summed E-state index contributed by atoms with van der Waals surface area (Å²) in [5, 5.41) is 11.3. The lowest BCUT2D eigenvalue weighted by Crippen LogP contribution is -2.19. The van der Waals surface area contributed by atoms with E-state index in [1.54, 1.807) is 0 Å². The van der Waals surface area contributed by atoms with Crippen LogP contribution < -0.4 is 10.5 Å². The number of hydrogen-bond donors (Lipinski definition) is 2. The van der Waals surface area contributed by atoms with Gasteiger partial charge in [0.2, 0.25) is 5.88 Å². The Morgan fingerprint density at radius 2 is 2.05 bits per heavy atom. The first kappa shape index (κ1) is 17.0. The van der Waals surface area contributed by atoms with Crippen LogP contribution in [-0.4, -0.2) is 35.3 Å². The number of pyridine rings is 1. The first-order valence-corrected chi connectivity index (χ1v) is 6.06. The molecule has 0 spiro atoms. The zero-order chi connectivity index (χ0) is 16.0. The Hall–Kier alpha value is -2.03. The van der Waals surface area contributed by atoms with Gasteiger partial charge in [-0.25, -0.2) is 4.98 Å². The maximum atomic E-state index is 12.6. The minimum atomic E-state index is -4.61. The van der Waals surface area contributed by atoms with Crippen LogP contribution in [0.25, 0.3) is 0 Å². The monoisotopic (exact) mass is 307 g/mol. The molecule has 1 aromatic rings. The smallest absolute Gasteiger partial charge is 0.433 e. The molecule has 0 atom stereocenters. The third kappa shape index (κ3) is 5.10. The zero-order valence-electron chi connectivity index (χ0n) is 11.5. The average molecular weight is 307 g/mol. The number of halogens is 3. The lowest BCUT2D eigenvalue weighted by Gasteiger charge is -2.13. The highest BCUT2D eigenvalue weighted by atomic mass is 19.4. The third-order valence-corrected chi connectivity index (χ3v) is 2.31. The van der Waals surface area contributed by atoms with Crippen LogP contribution in [0.15, 0.2) is 17.3 Å². The van der Waals surface area contributed by atoms with Gasteiger partial charge in [0.25, 0.3) is 0 Å². The SMILES string of the molecule is CC(C)OCCOc1nc(C(F)(F)F)ccc1C(N)=NO. The molecule has 9 heteroatoms. The average Bonchev–Trinajstić information content (AvgIpc) is 2.41. The lowest BCUT2D eigenvalue weighted by molar-refractivity contribution is -0.141.